The van der Waals surface area contributed by atoms with Crippen LogP contribution in [-0.2, 0) is 14.3 Å². The second-order valence-electron chi connectivity index (χ2n) is 5.67. The highest BCUT2D eigenvalue weighted by atomic mass is 32.2. The van der Waals surface area contributed by atoms with Crippen molar-refractivity contribution < 1.29 is 12.6 Å². The molecule has 1 aromatic rings. The van der Waals surface area contributed by atoms with Crippen molar-refractivity contribution >= 4 is 15.7 Å². The lowest BCUT2D eigenvalue weighted by atomic mass is 9.73. The molecule has 0 spiro atoms. The molecule has 2 N–H and O–H groups in total. The summed E-state index contributed by atoms with van der Waals surface area (Å²) in [5.41, 5.74) is 8.04. The van der Waals surface area contributed by atoms with Crippen molar-refractivity contribution in [1.29, 1.82) is 0 Å². The van der Waals surface area contributed by atoms with Crippen LogP contribution in [0, 0.1) is 5.41 Å². The van der Waals surface area contributed by atoms with Gasteiger partial charge in [0.2, 0.25) is 0 Å². The second-order valence-corrected chi connectivity index (χ2v) is 7.25. The van der Waals surface area contributed by atoms with Crippen LogP contribution in [0.15, 0.2) is 47.9 Å². The van der Waals surface area contributed by atoms with E-state index in [1.54, 1.807) is 6.08 Å². The SMILES string of the molecule is CC1(C)CC(N)=CC(OS(C)(=O)=O)=C1c1ccccc1. The predicted octanol–water partition coefficient (Wildman–Crippen LogP) is 2.65. The minimum absolute atomic E-state index is 0.291. The van der Waals surface area contributed by atoms with Crippen molar-refractivity contribution in [3.8, 4) is 0 Å². The molecule has 20 heavy (non-hydrogen) atoms. The van der Waals surface area contributed by atoms with Crippen LogP contribution in [0.4, 0.5) is 0 Å². The molecule has 2 rings (SSSR count). The van der Waals surface area contributed by atoms with Crippen LogP contribution >= 0.6 is 0 Å². The average Bonchev–Trinajstić information content (AvgIpc) is 2.25. The Bertz CT molecular complexity index is 670. The van der Waals surface area contributed by atoms with E-state index in [1.165, 1.54) is 0 Å². The van der Waals surface area contributed by atoms with Gasteiger partial charge in [-0.25, -0.2) is 0 Å². The largest absolute Gasteiger partial charge is 0.402 e. The van der Waals surface area contributed by atoms with Crippen LogP contribution in [-0.4, -0.2) is 14.7 Å². The number of hydrogen-bond donors (Lipinski definition) is 1. The van der Waals surface area contributed by atoms with Crippen LogP contribution < -0.4 is 5.73 Å². The van der Waals surface area contributed by atoms with Gasteiger partial charge in [-0.3, -0.25) is 0 Å². The van der Waals surface area contributed by atoms with Gasteiger partial charge in [0, 0.05) is 17.3 Å². The number of benzene rings is 1. The summed E-state index contributed by atoms with van der Waals surface area (Å²) in [6.07, 6.45) is 3.30. The zero-order valence-corrected chi connectivity index (χ0v) is 12.7. The zero-order valence-electron chi connectivity index (χ0n) is 11.9. The molecule has 0 amide bonds. The van der Waals surface area contributed by atoms with Crippen molar-refractivity contribution in [2.24, 2.45) is 11.1 Å². The van der Waals surface area contributed by atoms with Crippen molar-refractivity contribution in [2.45, 2.75) is 20.3 Å². The van der Waals surface area contributed by atoms with Crippen LogP contribution in [0.3, 0.4) is 0 Å². The van der Waals surface area contributed by atoms with E-state index in [2.05, 4.69) is 0 Å². The molecule has 108 valence electrons. The third-order valence-electron chi connectivity index (χ3n) is 3.19. The van der Waals surface area contributed by atoms with Gasteiger partial charge in [-0.2, -0.15) is 8.42 Å². The molecule has 0 fully saturated rings. The normalized spacial score (nSPS) is 18.6. The zero-order chi connectivity index (χ0) is 15.0. The summed E-state index contributed by atoms with van der Waals surface area (Å²) >= 11 is 0. The summed E-state index contributed by atoms with van der Waals surface area (Å²) in [6, 6.07) is 9.63. The standard InChI is InChI=1S/C15H19NO3S/c1-15(2)10-12(16)9-13(19-20(3,17)18)14(15)11-7-5-4-6-8-11/h4-9H,10,16H2,1-3H3. The van der Waals surface area contributed by atoms with Crippen LogP contribution in [0.1, 0.15) is 25.8 Å². The highest BCUT2D eigenvalue weighted by Crippen LogP contribution is 2.45. The van der Waals surface area contributed by atoms with Crippen LogP contribution in [0.25, 0.3) is 5.57 Å². The van der Waals surface area contributed by atoms with Gasteiger partial charge in [0.1, 0.15) is 5.76 Å². The quantitative estimate of drug-likeness (QED) is 0.870. The van der Waals surface area contributed by atoms with E-state index in [1.807, 2.05) is 44.2 Å². The Morgan fingerprint density at radius 3 is 2.35 bits per heavy atom. The van der Waals surface area contributed by atoms with Gasteiger partial charge in [0.25, 0.3) is 0 Å². The lowest BCUT2D eigenvalue weighted by molar-refractivity contribution is 0.400. The van der Waals surface area contributed by atoms with E-state index in [-0.39, 0.29) is 5.41 Å². The minimum atomic E-state index is -3.60. The summed E-state index contributed by atoms with van der Waals surface area (Å²) < 4.78 is 28.1. The Morgan fingerprint density at radius 1 is 1.20 bits per heavy atom. The fourth-order valence-corrected chi connectivity index (χ4v) is 3.05. The highest BCUT2D eigenvalue weighted by molar-refractivity contribution is 7.86. The van der Waals surface area contributed by atoms with E-state index in [0.717, 1.165) is 17.4 Å². The summed E-state index contributed by atoms with van der Waals surface area (Å²) in [4.78, 5) is 0. The number of rotatable bonds is 3. The Hall–Kier alpha value is -1.75. The summed E-state index contributed by atoms with van der Waals surface area (Å²) in [5, 5.41) is 0. The van der Waals surface area contributed by atoms with Crippen molar-refractivity contribution in [2.75, 3.05) is 6.26 Å². The van der Waals surface area contributed by atoms with E-state index in [0.29, 0.717) is 17.9 Å². The van der Waals surface area contributed by atoms with Gasteiger partial charge >= 0.3 is 10.1 Å². The Labute approximate surface area is 120 Å². The molecule has 0 aromatic heterocycles. The first-order valence-electron chi connectivity index (χ1n) is 6.35. The van der Waals surface area contributed by atoms with Crippen LogP contribution in [0.5, 0.6) is 0 Å². The Morgan fingerprint density at radius 2 is 1.80 bits per heavy atom. The Kier molecular flexibility index (Phi) is 3.65. The summed E-state index contributed by atoms with van der Waals surface area (Å²) in [7, 11) is -3.60. The maximum atomic E-state index is 11.5. The van der Waals surface area contributed by atoms with Gasteiger partial charge in [-0.05, 0) is 17.4 Å². The minimum Gasteiger partial charge on any atom is -0.402 e. The molecule has 0 atom stereocenters. The monoisotopic (exact) mass is 293 g/mol. The molecule has 4 nitrogen and oxygen atoms in total. The van der Waals surface area contributed by atoms with Gasteiger partial charge in [-0.15, -0.1) is 0 Å². The van der Waals surface area contributed by atoms with Crippen molar-refractivity contribution in [1.82, 2.24) is 0 Å². The predicted molar refractivity (Wildman–Crippen MR) is 80.0 cm³/mol. The van der Waals surface area contributed by atoms with Gasteiger partial charge in [0.15, 0.2) is 0 Å². The van der Waals surface area contributed by atoms with Gasteiger partial charge in [-0.1, -0.05) is 44.2 Å². The molecule has 0 bridgehead atoms. The first-order chi connectivity index (χ1) is 9.19. The molecule has 1 aliphatic rings. The number of nitrogens with two attached hydrogens (primary N) is 1. The molecule has 0 radical (unpaired) electrons. The molecular formula is C15H19NO3S. The molecule has 1 aromatic carbocycles. The van der Waals surface area contributed by atoms with E-state index >= 15 is 0 Å². The average molecular weight is 293 g/mol. The van der Waals surface area contributed by atoms with E-state index in [4.69, 9.17) is 9.92 Å². The molecule has 0 saturated heterocycles. The fourth-order valence-electron chi connectivity index (χ4n) is 2.59. The van der Waals surface area contributed by atoms with Gasteiger partial charge < -0.3 is 9.92 Å². The number of allylic oxidation sites excluding steroid dienone is 3. The molecule has 0 aliphatic heterocycles. The third-order valence-corrected chi connectivity index (χ3v) is 3.67. The Balaban J connectivity index is 2.65. The highest BCUT2D eigenvalue weighted by Gasteiger charge is 2.33. The molecule has 0 saturated carbocycles. The van der Waals surface area contributed by atoms with Crippen LogP contribution in [0.2, 0.25) is 0 Å². The maximum absolute atomic E-state index is 11.5. The summed E-state index contributed by atoms with van der Waals surface area (Å²) in [6.45, 7) is 4.06. The smallest absolute Gasteiger partial charge is 0.306 e. The summed E-state index contributed by atoms with van der Waals surface area (Å²) in [5.74, 6) is 0.312. The molecule has 5 heteroatoms. The molecular weight excluding hydrogens is 274 g/mol. The lowest BCUT2D eigenvalue weighted by Gasteiger charge is -2.33. The van der Waals surface area contributed by atoms with E-state index < -0.39 is 10.1 Å². The molecule has 0 unspecified atom stereocenters. The van der Waals surface area contributed by atoms with Crippen molar-refractivity contribution in [3.05, 3.63) is 53.4 Å². The topological polar surface area (TPSA) is 69.4 Å². The van der Waals surface area contributed by atoms with Crippen molar-refractivity contribution in [3.63, 3.8) is 0 Å². The maximum Gasteiger partial charge on any atom is 0.306 e. The lowest BCUT2D eigenvalue weighted by Crippen LogP contribution is -2.24. The third kappa shape index (κ3) is 3.22. The van der Waals surface area contributed by atoms with Gasteiger partial charge in [0.05, 0.1) is 6.26 Å². The number of hydrogen-bond acceptors (Lipinski definition) is 4. The second kappa shape index (κ2) is 4.98. The molecule has 1 aliphatic carbocycles. The fraction of sp³-hybridized carbons (Fsp3) is 0.333. The van der Waals surface area contributed by atoms with E-state index in [9.17, 15) is 8.42 Å². The first kappa shape index (κ1) is 14.7. The molecule has 0 heterocycles. The first-order valence-corrected chi connectivity index (χ1v) is 8.16.